The smallest absolute Gasteiger partial charge is 0.389 e. The van der Waals surface area contributed by atoms with Crippen LogP contribution in [0.1, 0.15) is 30.1 Å². The van der Waals surface area contributed by atoms with Gasteiger partial charge in [-0.15, -0.1) is 0 Å². The van der Waals surface area contributed by atoms with Crippen LogP contribution in [0.25, 0.3) is 0 Å². The molecule has 3 rings (SSSR count). The third kappa shape index (κ3) is 4.39. The molecule has 1 aromatic heterocycles. The standard InChI is InChI=1S/C16H12ClF3N2O3/c17-10-7-21-15(22-8-10)25-11-3-1-2-9-6-13(23)24-12(14(9)11)4-5-16(18,19)20/h1-3,7-8,12H,4-6H2. The molecule has 2 heterocycles. The molecule has 1 aromatic carbocycles. The van der Waals surface area contributed by atoms with Crippen molar-refractivity contribution in [3.63, 3.8) is 0 Å². The monoisotopic (exact) mass is 372 g/mol. The van der Waals surface area contributed by atoms with Crippen molar-refractivity contribution in [2.75, 3.05) is 0 Å². The first-order valence-corrected chi connectivity index (χ1v) is 7.73. The Labute approximate surface area is 145 Å². The van der Waals surface area contributed by atoms with E-state index in [0.29, 0.717) is 16.1 Å². The minimum absolute atomic E-state index is 0.00993. The van der Waals surface area contributed by atoms with Crippen LogP contribution >= 0.6 is 11.6 Å². The van der Waals surface area contributed by atoms with Gasteiger partial charge in [-0.1, -0.05) is 23.7 Å². The lowest BCUT2D eigenvalue weighted by molar-refractivity contribution is -0.159. The largest absolute Gasteiger partial charge is 0.457 e. The van der Waals surface area contributed by atoms with Crippen LogP contribution in [0.5, 0.6) is 11.8 Å². The lowest BCUT2D eigenvalue weighted by atomic mass is 9.93. The number of ether oxygens (including phenoxy) is 2. The van der Waals surface area contributed by atoms with Gasteiger partial charge in [-0.05, 0) is 18.1 Å². The van der Waals surface area contributed by atoms with Crippen molar-refractivity contribution < 1.29 is 27.4 Å². The van der Waals surface area contributed by atoms with Gasteiger partial charge in [0.2, 0.25) is 0 Å². The molecule has 1 unspecified atom stereocenters. The predicted octanol–water partition coefficient (Wildman–Crippen LogP) is 4.41. The molecular formula is C16H12ClF3N2O3. The van der Waals surface area contributed by atoms with Gasteiger partial charge in [-0.3, -0.25) is 4.79 Å². The number of rotatable bonds is 4. The van der Waals surface area contributed by atoms with Crippen LogP contribution in [0, 0.1) is 0 Å². The molecule has 0 spiro atoms. The summed E-state index contributed by atoms with van der Waals surface area (Å²) in [7, 11) is 0. The van der Waals surface area contributed by atoms with Crippen molar-refractivity contribution in [3.8, 4) is 11.8 Å². The van der Waals surface area contributed by atoms with E-state index in [2.05, 4.69) is 9.97 Å². The minimum atomic E-state index is -4.35. The summed E-state index contributed by atoms with van der Waals surface area (Å²) in [6.45, 7) is 0. The van der Waals surface area contributed by atoms with Crippen molar-refractivity contribution >= 4 is 17.6 Å². The molecule has 0 fully saturated rings. The summed E-state index contributed by atoms with van der Waals surface area (Å²) >= 11 is 5.71. The number of carbonyl (C=O) groups excluding carboxylic acids is 1. The number of fused-ring (bicyclic) bond motifs is 1. The number of hydrogen-bond acceptors (Lipinski definition) is 5. The summed E-state index contributed by atoms with van der Waals surface area (Å²) in [5.74, 6) is -0.320. The highest BCUT2D eigenvalue weighted by molar-refractivity contribution is 6.30. The number of aromatic nitrogens is 2. The fourth-order valence-electron chi connectivity index (χ4n) is 2.56. The summed E-state index contributed by atoms with van der Waals surface area (Å²) in [6, 6.07) is 4.86. The van der Waals surface area contributed by atoms with Gasteiger partial charge in [-0.25, -0.2) is 9.97 Å². The molecule has 0 saturated carbocycles. The lowest BCUT2D eigenvalue weighted by Crippen LogP contribution is -2.23. The zero-order valence-electron chi connectivity index (χ0n) is 12.7. The summed E-state index contributed by atoms with van der Waals surface area (Å²) in [4.78, 5) is 19.5. The first-order valence-electron chi connectivity index (χ1n) is 7.35. The average molecular weight is 373 g/mol. The van der Waals surface area contributed by atoms with Gasteiger partial charge in [-0.2, -0.15) is 13.2 Å². The summed E-state index contributed by atoms with van der Waals surface area (Å²) in [5.41, 5.74) is 0.972. The number of alkyl halides is 3. The van der Waals surface area contributed by atoms with Crippen molar-refractivity contribution in [2.24, 2.45) is 0 Å². The van der Waals surface area contributed by atoms with E-state index < -0.39 is 24.7 Å². The fraction of sp³-hybridized carbons (Fsp3) is 0.312. The van der Waals surface area contributed by atoms with E-state index in [1.807, 2.05) is 0 Å². The second kappa shape index (κ2) is 6.87. The fourth-order valence-corrected chi connectivity index (χ4v) is 2.66. The third-order valence-corrected chi connectivity index (χ3v) is 3.77. The van der Waals surface area contributed by atoms with Gasteiger partial charge in [0, 0.05) is 12.0 Å². The number of hydrogen-bond donors (Lipinski definition) is 0. The normalized spacial score (nSPS) is 17.0. The molecule has 1 aliphatic heterocycles. The molecule has 0 amide bonds. The van der Waals surface area contributed by atoms with E-state index >= 15 is 0 Å². The Kier molecular flexibility index (Phi) is 4.80. The number of halogens is 4. The Hall–Kier alpha value is -2.35. The SMILES string of the molecule is O=C1Cc2cccc(Oc3ncc(Cl)cn3)c2C(CCC(F)(F)F)O1. The van der Waals surface area contributed by atoms with Crippen LogP contribution in [0.4, 0.5) is 13.2 Å². The van der Waals surface area contributed by atoms with Crippen LogP contribution in [-0.4, -0.2) is 22.1 Å². The Morgan fingerprint density at radius 3 is 2.68 bits per heavy atom. The van der Waals surface area contributed by atoms with Crippen molar-refractivity contribution in [2.45, 2.75) is 31.5 Å². The van der Waals surface area contributed by atoms with E-state index in [4.69, 9.17) is 21.1 Å². The van der Waals surface area contributed by atoms with Crippen LogP contribution in [0.15, 0.2) is 30.6 Å². The number of esters is 1. The van der Waals surface area contributed by atoms with Gasteiger partial charge in [0.1, 0.15) is 11.9 Å². The van der Waals surface area contributed by atoms with E-state index in [1.54, 1.807) is 18.2 Å². The highest BCUT2D eigenvalue weighted by Crippen LogP contribution is 2.40. The summed E-state index contributed by atoms with van der Waals surface area (Å²) in [5, 5.41) is 0.319. The number of carbonyl (C=O) groups is 1. The van der Waals surface area contributed by atoms with E-state index in [1.165, 1.54) is 12.4 Å². The molecule has 25 heavy (non-hydrogen) atoms. The van der Waals surface area contributed by atoms with Crippen LogP contribution < -0.4 is 4.74 Å². The van der Waals surface area contributed by atoms with E-state index in [9.17, 15) is 18.0 Å². The predicted molar refractivity (Wildman–Crippen MR) is 81.4 cm³/mol. The number of cyclic esters (lactones) is 1. The molecule has 5 nitrogen and oxygen atoms in total. The maximum Gasteiger partial charge on any atom is 0.389 e. The number of benzene rings is 1. The topological polar surface area (TPSA) is 61.3 Å². The van der Waals surface area contributed by atoms with Gasteiger partial charge in [0.15, 0.2) is 0 Å². The van der Waals surface area contributed by atoms with Crippen molar-refractivity contribution in [3.05, 3.63) is 46.7 Å². The second-order valence-corrected chi connectivity index (χ2v) is 5.86. The number of nitrogens with zero attached hydrogens (tertiary/aromatic N) is 2. The Morgan fingerprint density at radius 2 is 2.00 bits per heavy atom. The zero-order chi connectivity index (χ0) is 18.0. The van der Waals surface area contributed by atoms with E-state index in [0.717, 1.165) is 0 Å². The van der Waals surface area contributed by atoms with Crippen LogP contribution in [-0.2, 0) is 16.0 Å². The molecule has 1 atom stereocenters. The lowest BCUT2D eigenvalue weighted by Gasteiger charge is -2.27. The molecule has 0 saturated heterocycles. The average Bonchev–Trinajstić information content (AvgIpc) is 2.54. The van der Waals surface area contributed by atoms with Crippen molar-refractivity contribution in [1.29, 1.82) is 0 Å². The van der Waals surface area contributed by atoms with Gasteiger partial charge in [0.05, 0.1) is 23.8 Å². The second-order valence-electron chi connectivity index (χ2n) is 5.42. The quantitative estimate of drug-likeness (QED) is 0.744. The zero-order valence-corrected chi connectivity index (χ0v) is 13.5. The maximum absolute atomic E-state index is 12.6. The molecular weight excluding hydrogens is 361 g/mol. The van der Waals surface area contributed by atoms with Gasteiger partial charge >= 0.3 is 18.2 Å². The Bertz CT molecular complexity index is 781. The summed E-state index contributed by atoms with van der Waals surface area (Å²) in [6.07, 6.45) is -4.21. The van der Waals surface area contributed by atoms with Crippen molar-refractivity contribution in [1.82, 2.24) is 9.97 Å². The Balaban J connectivity index is 1.91. The first-order chi connectivity index (χ1) is 11.8. The van der Waals surface area contributed by atoms with Crippen LogP contribution in [0.2, 0.25) is 5.02 Å². The molecule has 0 radical (unpaired) electrons. The molecule has 132 valence electrons. The molecule has 1 aliphatic rings. The Morgan fingerprint density at radius 1 is 1.28 bits per heavy atom. The van der Waals surface area contributed by atoms with Gasteiger partial charge in [0.25, 0.3) is 0 Å². The highest BCUT2D eigenvalue weighted by atomic mass is 35.5. The molecule has 0 N–H and O–H groups in total. The first kappa shape index (κ1) is 17.5. The molecule has 0 bridgehead atoms. The van der Waals surface area contributed by atoms with Gasteiger partial charge < -0.3 is 9.47 Å². The molecule has 9 heteroatoms. The minimum Gasteiger partial charge on any atom is -0.457 e. The highest BCUT2D eigenvalue weighted by Gasteiger charge is 2.34. The third-order valence-electron chi connectivity index (χ3n) is 3.57. The van der Waals surface area contributed by atoms with Crippen LogP contribution in [0.3, 0.4) is 0 Å². The van der Waals surface area contributed by atoms with E-state index in [-0.39, 0.29) is 24.6 Å². The molecule has 0 aliphatic carbocycles. The summed E-state index contributed by atoms with van der Waals surface area (Å²) < 4.78 is 48.4. The molecule has 2 aromatic rings. The maximum atomic E-state index is 12.6.